The van der Waals surface area contributed by atoms with Crippen molar-refractivity contribution in [2.24, 2.45) is 0 Å². The molecule has 0 amide bonds. The number of aromatic nitrogens is 2. The molecular weight excluding hydrogens is 269 g/mol. The summed E-state index contributed by atoms with van der Waals surface area (Å²) in [6, 6.07) is 9.90. The quantitative estimate of drug-likeness (QED) is 0.778. The number of aryl methyl sites for hydroxylation is 2. The summed E-state index contributed by atoms with van der Waals surface area (Å²) in [6.07, 6.45) is 0. The van der Waals surface area contributed by atoms with Crippen LogP contribution in [-0.2, 0) is 0 Å². The standard InChI is InChI=1S/C16H14FN3O/c1-9-7-12(8-10(2)19-9)14-15(20-21-16(14)18)11-3-5-13(17)6-4-11/h3-8H,18H2,1-2H3. The zero-order chi connectivity index (χ0) is 15.0. The highest BCUT2D eigenvalue weighted by Crippen LogP contribution is 2.36. The fourth-order valence-corrected chi connectivity index (χ4v) is 2.37. The molecule has 0 aliphatic heterocycles. The van der Waals surface area contributed by atoms with Crippen molar-refractivity contribution in [2.45, 2.75) is 13.8 Å². The van der Waals surface area contributed by atoms with Crippen molar-refractivity contribution in [1.29, 1.82) is 0 Å². The molecule has 0 fully saturated rings. The van der Waals surface area contributed by atoms with Crippen LogP contribution in [0.5, 0.6) is 0 Å². The lowest BCUT2D eigenvalue weighted by Crippen LogP contribution is -1.92. The van der Waals surface area contributed by atoms with Crippen molar-refractivity contribution in [3.63, 3.8) is 0 Å². The van der Waals surface area contributed by atoms with E-state index in [2.05, 4.69) is 10.1 Å². The lowest BCUT2D eigenvalue weighted by Gasteiger charge is -2.05. The molecule has 0 unspecified atom stereocenters. The van der Waals surface area contributed by atoms with Gasteiger partial charge in [-0.25, -0.2) is 4.39 Å². The predicted molar refractivity (Wildman–Crippen MR) is 79.0 cm³/mol. The van der Waals surface area contributed by atoms with Gasteiger partial charge in [0.05, 0.1) is 5.56 Å². The van der Waals surface area contributed by atoms with Crippen LogP contribution in [0.3, 0.4) is 0 Å². The second kappa shape index (κ2) is 5.01. The molecule has 3 aromatic rings. The maximum atomic E-state index is 13.1. The normalized spacial score (nSPS) is 10.8. The Morgan fingerprint density at radius 3 is 2.24 bits per heavy atom. The van der Waals surface area contributed by atoms with Gasteiger partial charge >= 0.3 is 0 Å². The molecule has 1 aromatic carbocycles. The van der Waals surface area contributed by atoms with Gasteiger partial charge in [-0.05, 0) is 55.8 Å². The highest BCUT2D eigenvalue weighted by Gasteiger charge is 2.18. The van der Waals surface area contributed by atoms with Crippen LogP contribution in [-0.4, -0.2) is 10.1 Å². The first-order chi connectivity index (χ1) is 10.0. The highest BCUT2D eigenvalue weighted by atomic mass is 19.1. The van der Waals surface area contributed by atoms with Crippen LogP contribution < -0.4 is 5.73 Å². The summed E-state index contributed by atoms with van der Waals surface area (Å²) in [5, 5.41) is 4.01. The molecule has 21 heavy (non-hydrogen) atoms. The third-order valence-corrected chi connectivity index (χ3v) is 3.21. The van der Waals surface area contributed by atoms with Crippen LogP contribution in [0.15, 0.2) is 40.9 Å². The molecule has 0 saturated carbocycles. The summed E-state index contributed by atoms with van der Waals surface area (Å²) in [4.78, 5) is 4.35. The number of anilines is 1. The third kappa shape index (κ3) is 2.50. The Hall–Kier alpha value is -2.69. The number of benzene rings is 1. The molecule has 0 radical (unpaired) electrons. The van der Waals surface area contributed by atoms with Gasteiger partial charge in [-0.3, -0.25) is 4.98 Å². The van der Waals surface area contributed by atoms with Crippen LogP contribution in [0.25, 0.3) is 22.4 Å². The summed E-state index contributed by atoms with van der Waals surface area (Å²) in [5.74, 6) is -0.0632. The molecule has 3 rings (SSSR count). The summed E-state index contributed by atoms with van der Waals surface area (Å²) >= 11 is 0. The predicted octanol–water partition coefficient (Wildman–Crippen LogP) is 3.74. The van der Waals surface area contributed by atoms with Crippen molar-refractivity contribution in [1.82, 2.24) is 10.1 Å². The molecule has 2 heterocycles. The van der Waals surface area contributed by atoms with Crippen molar-refractivity contribution in [3.8, 4) is 22.4 Å². The Balaban J connectivity index is 2.19. The molecule has 106 valence electrons. The molecule has 0 aliphatic carbocycles. The molecule has 0 bridgehead atoms. The molecule has 5 heteroatoms. The van der Waals surface area contributed by atoms with Gasteiger partial charge < -0.3 is 10.3 Å². The Bertz CT molecular complexity index is 774. The second-order valence-corrected chi connectivity index (χ2v) is 4.92. The van der Waals surface area contributed by atoms with E-state index >= 15 is 0 Å². The number of nitrogens with zero attached hydrogens (tertiary/aromatic N) is 2. The monoisotopic (exact) mass is 283 g/mol. The minimum atomic E-state index is -0.299. The zero-order valence-electron chi connectivity index (χ0n) is 11.7. The highest BCUT2D eigenvalue weighted by molar-refractivity contribution is 5.86. The Labute approximate surface area is 121 Å². The lowest BCUT2D eigenvalue weighted by molar-refractivity contribution is 0.439. The third-order valence-electron chi connectivity index (χ3n) is 3.21. The molecule has 0 aliphatic rings. The van der Waals surface area contributed by atoms with Gasteiger partial charge in [-0.2, -0.15) is 0 Å². The molecular formula is C16H14FN3O. The van der Waals surface area contributed by atoms with E-state index in [9.17, 15) is 4.39 Å². The topological polar surface area (TPSA) is 64.9 Å². The van der Waals surface area contributed by atoms with Crippen molar-refractivity contribution >= 4 is 5.88 Å². The summed E-state index contributed by atoms with van der Waals surface area (Å²) in [5.41, 5.74) is 10.6. The lowest BCUT2D eigenvalue weighted by atomic mass is 10.0. The number of nitrogens with two attached hydrogens (primary N) is 1. The number of hydrogen-bond acceptors (Lipinski definition) is 4. The first kappa shape index (κ1) is 13.3. The van der Waals surface area contributed by atoms with E-state index in [1.54, 1.807) is 12.1 Å². The van der Waals surface area contributed by atoms with Crippen LogP contribution in [0, 0.1) is 19.7 Å². The van der Waals surface area contributed by atoms with E-state index in [-0.39, 0.29) is 11.7 Å². The summed E-state index contributed by atoms with van der Waals surface area (Å²) in [7, 11) is 0. The van der Waals surface area contributed by atoms with E-state index < -0.39 is 0 Å². The minimum Gasteiger partial charge on any atom is -0.367 e. The maximum absolute atomic E-state index is 13.1. The van der Waals surface area contributed by atoms with Gasteiger partial charge in [0.2, 0.25) is 5.88 Å². The molecule has 2 N–H and O–H groups in total. The van der Waals surface area contributed by atoms with Gasteiger partial charge in [-0.1, -0.05) is 5.16 Å². The van der Waals surface area contributed by atoms with Gasteiger partial charge in [0.15, 0.2) is 0 Å². The average molecular weight is 283 g/mol. The first-order valence-electron chi connectivity index (χ1n) is 6.51. The van der Waals surface area contributed by atoms with Gasteiger partial charge in [0, 0.05) is 17.0 Å². The van der Waals surface area contributed by atoms with E-state index in [0.717, 1.165) is 22.5 Å². The van der Waals surface area contributed by atoms with Crippen molar-refractivity contribution < 1.29 is 8.91 Å². The molecule has 0 atom stereocenters. The van der Waals surface area contributed by atoms with Crippen molar-refractivity contribution in [3.05, 3.63) is 53.6 Å². The number of pyridine rings is 1. The molecule has 4 nitrogen and oxygen atoms in total. The zero-order valence-corrected chi connectivity index (χ0v) is 11.7. The number of hydrogen-bond donors (Lipinski definition) is 1. The van der Waals surface area contributed by atoms with Crippen LogP contribution in [0.4, 0.5) is 10.3 Å². The van der Waals surface area contributed by atoms with E-state index in [0.29, 0.717) is 11.3 Å². The van der Waals surface area contributed by atoms with Gasteiger partial charge in [0.1, 0.15) is 11.5 Å². The van der Waals surface area contributed by atoms with Gasteiger partial charge in [0.25, 0.3) is 0 Å². The average Bonchev–Trinajstić information content (AvgIpc) is 2.80. The first-order valence-corrected chi connectivity index (χ1v) is 6.51. The Morgan fingerprint density at radius 1 is 1.00 bits per heavy atom. The van der Waals surface area contributed by atoms with E-state index in [1.165, 1.54) is 12.1 Å². The van der Waals surface area contributed by atoms with E-state index in [4.69, 9.17) is 10.3 Å². The molecule has 0 spiro atoms. The minimum absolute atomic E-state index is 0.235. The summed E-state index contributed by atoms with van der Waals surface area (Å²) in [6.45, 7) is 3.83. The van der Waals surface area contributed by atoms with Gasteiger partial charge in [-0.15, -0.1) is 0 Å². The Kier molecular flexibility index (Phi) is 3.17. The smallest absolute Gasteiger partial charge is 0.230 e. The molecule has 0 saturated heterocycles. The fourth-order valence-electron chi connectivity index (χ4n) is 2.37. The van der Waals surface area contributed by atoms with Crippen LogP contribution in [0.2, 0.25) is 0 Å². The SMILES string of the molecule is Cc1cc(-c2c(-c3ccc(F)cc3)noc2N)cc(C)n1. The van der Waals surface area contributed by atoms with Crippen LogP contribution >= 0.6 is 0 Å². The Morgan fingerprint density at radius 2 is 1.62 bits per heavy atom. The van der Waals surface area contributed by atoms with E-state index in [1.807, 2.05) is 26.0 Å². The largest absolute Gasteiger partial charge is 0.367 e. The maximum Gasteiger partial charge on any atom is 0.230 e. The number of halogens is 1. The fraction of sp³-hybridized carbons (Fsp3) is 0.125. The van der Waals surface area contributed by atoms with Crippen molar-refractivity contribution in [2.75, 3.05) is 5.73 Å². The number of nitrogen functional groups attached to an aromatic ring is 1. The second-order valence-electron chi connectivity index (χ2n) is 4.92. The number of rotatable bonds is 2. The van der Waals surface area contributed by atoms with Crippen LogP contribution in [0.1, 0.15) is 11.4 Å². The molecule has 2 aromatic heterocycles. The summed E-state index contributed by atoms with van der Waals surface area (Å²) < 4.78 is 18.2.